The summed E-state index contributed by atoms with van der Waals surface area (Å²) in [4.78, 5) is 0. The SMILES string of the molecule is CC(C)C1CCC2C3C4C(CCC3C3(OC(C(C)(C)C)CC(C(C)(C)C)O3)C2C1)OC1CCC2CCCCC2C14. The Hall–Kier alpha value is -0.120. The maximum atomic E-state index is 7.62. The number of hydrogen-bond acceptors (Lipinski definition) is 3. The average Bonchev–Trinajstić information content (AvgIpc) is 3.41. The van der Waals surface area contributed by atoms with E-state index in [1.807, 2.05) is 0 Å². The van der Waals surface area contributed by atoms with Crippen molar-refractivity contribution >= 4 is 0 Å². The van der Waals surface area contributed by atoms with E-state index >= 15 is 0 Å². The molecule has 7 aliphatic rings. The van der Waals surface area contributed by atoms with Crippen LogP contribution >= 0.6 is 0 Å². The van der Waals surface area contributed by atoms with Crippen LogP contribution in [0.5, 0.6) is 0 Å². The lowest BCUT2D eigenvalue weighted by Crippen LogP contribution is -2.61. The first-order valence-corrected chi connectivity index (χ1v) is 17.9. The number of fused-ring (bicyclic) bond motifs is 11. The van der Waals surface area contributed by atoms with Gasteiger partial charge >= 0.3 is 0 Å². The molecule has 13 unspecified atom stereocenters. The highest BCUT2D eigenvalue weighted by Crippen LogP contribution is 2.69. The summed E-state index contributed by atoms with van der Waals surface area (Å²) >= 11 is 0. The predicted molar refractivity (Wildman–Crippen MR) is 162 cm³/mol. The Morgan fingerprint density at radius 2 is 1.25 bits per heavy atom. The van der Waals surface area contributed by atoms with Crippen LogP contribution in [0.15, 0.2) is 0 Å². The molecule has 1 spiro atoms. The van der Waals surface area contributed by atoms with Gasteiger partial charge in [-0.25, -0.2) is 0 Å². The fourth-order valence-electron chi connectivity index (χ4n) is 12.0. The van der Waals surface area contributed by atoms with Gasteiger partial charge in [-0.3, -0.25) is 0 Å². The van der Waals surface area contributed by atoms with Gasteiger partial charge in [0, 0.05) is 18.3 Å². The average molecular weight is 555 g/mol. The van der Waals surface area contributed by atoms with Gasteiger partial charge in [-0.2, -0.15) is 0 Å². The van der Waals surface area contributed by atoms with Crippen LogP contribution in [0.4, 0.5) is 0 Å². The van der Waals surface area contributed by atoms with Crippen molar-refractivity contribution in [2.75, 3.05) is 0 Å². The molecule has 40 heavy (non-hydrogen) atoms. The van der Waals surface area contributed by atoms with Crippen molar-refractivity contribution in [1.82, 2.24) is 0 Å². The quantitative estimate of drug-likeness (QED) is 0.323. The van der Waals surface area contributed by atoms with Crippen LogP contribution in [0.25, 0.3) is 0 Å². The molecule has 2 aliphatic heterocycles. The Morgan fingerprint density at radius 1 is 0.600 bits per heavy atom. The molecule has 0 amide bonds. The summed E-state index contributed by atoms with van der Waals surface area (Å²) in [6.45, 7) is 19.4. The van der Waals surface area contributed by atoms with Crippen LogP contribution in [0, 0.1) is 70.0 Å². The molecule has 2 saturated heterocycles. The standard InChI is InChI=1S/C37H62O3/c1-21(2)23-13-15-25-27(19-23)37(39-30(35(3,4)5)20-31(40-37)36(6,7)8)26-16-18-29-34(32(25)26)33-24-12-10-9-11-22(24)14-17-28(33)38-29/h21-34H,9-20H2,1-8H3. The molecule has 0 aromatic rings. The lowest BCUT2D eigenvalue weighted by molar-refractivity contribution is -0.381. The second-order valence-corrected chi connectivity index (χ2v) is 18.4. The van der Waals surface area contributed by atoms with Gasteiger partial charge in [0.1, 0.15) is 0 Å². The molecule has 0 bridgehead atoms. The summed E-state index contributed by atoms with van der Waals surface area (Å²) in [5.41, 5.74) is 0.245. The van der Waals surface area contributed by atoms with Crippen LogP contribution in [-0.4, -0.2) is 30.2 Å². The lowest BCUT2D eigenvalue weighted by Gasteiger charge is -2.56. The number of ether oxygens (including phenoxy) is 3. The molecule has 7 rings (SSSR count). The highest BCUT2D eigenvalue weighted by atomic mass is 16.7. The molecule has 0 N–H and O–H groups in total. The highest BCUT2D eigenvalue weighted by molar-refractivity contribution is 5.16. The van der Waals surface area contributed by atoms with E-state index < -0.39 is 5.79 Å². The van der Waals surface area contributed by atoms with E-state index in [1.165, 1.54) is 70.6 Å². The van der Waals surface area contributed by atoms with Gasteiger partial charge in [-0.05, 0) is 110 Å². The summed E-state index contributed by atoms with van der Waals surface area (Å²) in [5.74, 6) is 7.13. The van der Waals surface area contributed by atoms with Crippen molar-refractivity contribution in [1.29, 1.82) is 0 Å². The zero-order chi connectivity index (χ0) is 28.2. The molecule has 0 radical (unpaired) electrons. The molecular weight excluding hydrogens is 492 g/mol. The van der Waals surface area contributed by atoms with E-state index in [0.29, 0.717) is 24.0 Å². The molecule has 5 aliphatic carbocycles. The second kappa shape index (κ2) is 9.95. The Morgan fingerprint density at radius 3 is 1.93 bits per heavy atom. The van der Waals surface area contributed by atoms with Gasteiger partial charge in [-0.1, -0.05) is 74.7 Å². The molecule has 2 heterocycles. The number of hydrogen-bond donors (Lipinski definition) is 0. The van der Waals surface area contributed by atoms with E-state index in [2.05, 4.69) is 55.4 Å². The normalized spacial score (nSPS) is 52.6. The maximum Gasteiger partial charge on any atom is 0.175 e. The van der Waals surface area contributed by atoms with Gasteiger partial charge in [-0.15, -0.1) is 0 Å². The number of rotatable bonds is 1. The van der Waals surface area contributed by atoms with E-state index in [0.717, 1.165) is 53.8 Å². The highest BCUT2D eigenvalue weighted by Gasteiger charge is 2.71. The smallest absolute Gasteiger partial charge is 0.175 e. The maximum absolute atomic E-state index is 7.62. The van der Waals surface area contributed by atoms with E-state index in [-0.39, 0.29) is 23.0 Å². The van der Waals surface area contributed by atoms with Crippen molar-refractivity contribution in [2.24, 2.45) is 70.0 Å². The van der Waals surface area contributed by atoms with Crippen molar-refractivity contribution in [2.45, 2.75) is 163 Å². The first-order valence-electron chi connectivity index (χ1n) is 17.9. The van der Waals surface area contributed by atoms with Gasteiger partial charge in [0.25, 0.3) is 0 Å². The molecule has 7 fully saturated rings. The van der Waals surface area contributed by atoms with Crippen molar-refractivity contribution in [3.63, 3.8) is 0 Å². The largest absolute Gasteiger partial charge is 0.374 e. The minimum atomic E-state index is -0.402. The molecule has 0 aromatic heterocycles. The lowest BCUT2D eigenvalue weighted by atomic mass is 9.55. The van der Waals surface area contributed by atoms with Crippen molar-refractivity contribution < 1.29 is 14.2 Å². The van der Waals surface area contributed by atoms with Crippen LogP contribution in [0.3, 0.4) is 0 Å². The van der Waals surface area contributed by atoms with Gasteiger partial charge < -0.3 is 14.2 Å². The topological polar surface area (TPSA) is 27.7 Å². The summed E-state index contributed by atoms with van der Waals surface area (Å²) in [6, 6.07) is 0. The Labute approximate surface area is 246 Å². The third-order valence-corrected chi connectivity index (χ3v) is 14.0. The predicted octanol–water partition coefficient (Wildman–Crippen LogP) is 9.28. The van der Waals surface area contributed by atoms with Gasteiger partial charge in [0.2, 0.25) is 0 Å². The molecule has 3 nitrogen and oxygen atoms in total. The van der Waals surface area contributed by atoms with Crippen LogP contribution in [0.2, 0.25) is 0 Å². The monoisotopic (exact) mass is 554 g/mol. The van der Waals surface area contributed by atoms with E-state index in [9.17, 15) is 0 Å². The minimum Gasteiger partial charge on any atom is -0.374 e. The third-order valence-electron chi connectivity index (χ3n) is 14.0. The summed E-state index contributed by atoms with van der Waals surface area (Å²) in [7, 11) is 0. The fraction of sp³-hybridized carbons (Fsp3) is 1.00. The zero-order valence-corrected chi connectivity index (χ0v) is 27.3. The summed E-state index contributed by atoms with van der Waals surface area (Å²) < 4.78 is 22.4. The first-order chi connectivity index (χ1) is 18.9. The molecule has 3 heteroatoms. The van der Waals surface area contributed by atoms with Crippen LogP contribution in [0.1, 0.15) is 132 Å². The van der Waals surface area contributed by atoms with Gasteiger partial charge in [0.05, 0.1) is 24.4 Å². The van der Waals surface area contributed by atoms with Crippen LogP contribution in [-0.2, 0) is 14.2 Å². The van der Waals surface area contributed by atoms with Crippen molar-refractivity contribution in [3.8, 4) is 0 Å². The first kappa shape index (κ1) is 28.6. The Balaban J connectivity index is 1.31. The molecule has 5 saturated carbocycles. The summed E-state index contributed by atoms with van der Waals surface area (Å²) in [6.07, 6.45) is 17.8. The minimum absolute atomic E-state index is 0.122. The van der Waals surface area contributed by atoms with E-state index in [4.69, 9.17) is 14.2 Å². The fourth-order valence-corrected chi connectivity index (χ4v) is 12.0. The summed E-state index contributed by atoms with van der Waals surface area (Å²) in [5, 5.41) is 0. The Kier molecular flexibility index (Phi) is 7.12. The molecule has 0 aromatic carbocycles. The van der Waals surface area contributed by atoms with Crippen LogP contribution < -0.4 is 0 Å². The second-order valence-electron chi connectivity index (χ2n) is 18.4. The molecule has 13 atom stereocenters. The molecular formula is C37H62O3. The van der Waals surface area contributed by atoms with Gasteiger partial charge in [0.15, 0.2) is 5.79 Å². The Bertz CT molecular complexity index is 905. The third kappa shape index (κ3) is 4.43. The molecule has 228 valence electrons. The van der Waals surface area contributed by atoms with E-state index in [1.54, 1.807) is 0 Å². The van der Waals surface area contributed by atoms with Crippen molar-refractivity contribution in [3.05, 3.63) is 0 Å². The zero-order valence-electron chi connectivity index (χ0n) is 27.3.